The predicted octanol–water partition coefficient (Wildman–Crippen LogP) is 2.06. The first kappa shape index (κ1) is 13.7. The van der Waals surface area contributed by atoms with Crippen LogP contribution in [0.2, 0.25) is 0 Å². The number of terminal acetylenes is 1. The number of hydrogen-bond acceptors (Lipinski definition) is 2. The zero-order chi connectivity index (χ0) is 14.0. The molecule has 0 radical (unpaired) electrons. The molecule has 19 heavy (non-hydrogen) atoms. The number of aliphatic carboxylic acids is 1. The number of aromatic nitrogens is 1. The minimum absolute atomic E-state index is 0.264. The number of aromatic amines is 1. The summed E-state index contributed by atoms with van der Waals surface area (Å²) in [4.78, 5) is 12.4. The number of carboxylic acid groups (broad SMARTS) is 1. The Labute approximate surface area is 119 Å². The quantitative estimate of drug-likeness (QED) is 0.650. The average molecular weight is 321 g/mol. The lowest BCUT2D eigenvalue weighted by Crippen LogP contribution is -2.28. The van der Waals surface area contributed by atoms with Crippen LogP contribution in [0, 0.1) is 12.3 Å². The minimum Gasteiger partial charge on any atom is -0.472 e. The van der Waals surface area contributed by atoms with Crippen LogP contribution < -0.4 is 5.73 Å². The standard InChI is InChI=1S/C11H11BrN2.C3H2O2/c12-9-1-2-10-11-6(5-14-10)3-7(13)4-8(9)11;1-2-3(4)5/h1-2,5,7,14H,3-4,13H2;1H,(H,4,5). The van der Waals surface area contributed by atoms with Crippen molar-refractivity contribution in [1.29, 1.82) is 0 Å². The van der Waals surface area contributed by atoms with E-state index in [2.05, 4.69) is 45.7 Å². The lowest BCUT2D eigenvalue weighted by Gasteiger charge is -2.19. The van der Waals surface area contributed by atoms with Crippen LogP contribution >= 0.6 is 15.9 Å². The first-order valence-corrected chi connectivity index (χ1v) is 6.54. The van der Waals surface area contributed by atoms with Crippen LogP contribution in [0.4, 0.5) is 0 Å². The number of rotatable bonds is 0. The van der Waals surface area contributed by atoms with Crippen LogP contribution in [0.5, 0.6) is 0 Å². The zero-order valence-electron chi connectivity index (χ0n) is 10.1. The molecule has 98 valence electrons. The molecule has 0 spiro atoms. The highest BCUT2D eigenvalue weighted by Crippen LogP contribution is 2.33. The van der Waals surface area contributed by atoms with E-state index in [1.807, 2.05) is 0 Å². The summed E-state index contributed by atoms with van der Waals surface area (Å²) in [7, 11) is 0. The molecule has 1 aromatic carbocycles. The van der Waals surface area contributed by atoms with E-state index in [1.54, 1.807) is 0 Å². The van der Waals surface area contributed by atoms with E-state index in [1.165, 1.54) is 32.4 Å². The molecule has 0 amide bonds. The van der Waals surface area contributed by atoms with Gasteiger partial charge in [-0.3, -0.25) is 0 Å². The van der Waals surface area contributed by atoms with E-state index in [9.17, 15) is 0 Å². The number of carboxylic acids is 1. The highest BCUT2D eigenvalue weighted by molar-refractivity contribution is 9.10. The molecule has 1 aliphatic rings. The fourth-order valence-corrected chi connectivity index (χ4v) is 2.82. The summed E-state index contributed by atoms with van der Waals surface area (Å²) in [5.74, 6) is 0.227. The molecule has 2 aromatic rings. The van der Waals surface area contributed by atoms with E-state index < -0.39 is 5.97 Å². The van der Waals surface area contributed by atoms with E-state index in [-0.39, 0.29) is 6.04 Å². The van der Waals surface area contributed by atoms with Crippen LogP contribution in [0.15, 0.2) is 22.8 Å². The molecule has 5 heteroatoms. The first-order valence-electron chi connectivity index (χ1n) is 5.75. The van der Waals surface area contributed by atoms with Crippen LogP contribution in [0.3, 0.4) is 0 Å². The Bertz CT molecular complexity index is 670. The van der Waals surface area contributed by atoms with Crippen LogP contribution in [-0.2, 0) is 17.6 Å². The molecule has 4 nitrogen and oxygen atoms in total. The van der Waals surface area contributed by atoms with Gasteiger partial charge in [0.25, 0.3) is 0 Å². The summed E-state index contributed by atoms with van der Waals surface area (Å²) >= 11 is 3.59. The third kappa shape index (κ3) is 2.80. The summed E-state index contributed by atoms with van der Waals surface area (Å²) in [5, 5.41) is 8.86. The maximum absolute atomic E-state index is 9.13. The molecule has 1 aliphatic carbocycles. The number of H-pyrrole nitrogens is 1. The molecule has 4 N–H and O–H groups in total. The van der Waals surface area contributed by atoms with Crippen molar-refractivity contribution < 1.29 is 9.90 Å². The van der Waals surface area contributed by atoms with Crippen molar-refractivity contribution in [3.63, 3.8) is 0 Å². The molecular weight excluding hydrogens is 308 g/mol. The summed E-state index contributed by atoms with van der Waals surface area (Å²) < 4.78 is 1.18. The Morgan fingerprint density at radius 3 is 2.84 bits per heavy atom. The Morgan fingerprint density at radius 1 is 1.53 bits per heavy atom. The normalized spacial score (nSPS) is 16.4. The van der Waals surface area contributed by atoms with Gasteiger partial charge in [-0.2, -0.15) is 0 Å². The zero-order valence-corrected chi connectivity index (χ0v) is 11.7. The van der Waals surface area contributed by atoms with Crippen molar-refractivity contribution >= 4 is 32.8 Å². The van der Waals surface area contributed by atoms with Gasteiger partial charge in [-0.05, 0) is 36.1 Å². The summed E-state index contributed by atoms with van der Waals surface area (Å²) in [6.07, 6.45) is 8.37. The molecule has 0 bridgehead atoms. The smallest absolute Gasteiger partial charge is 0.381 e. The van der Waals surface area contributed by atoms with Gasteiger partial charge < -0.3 is 15.8 Å². The molecule has 0 fully saturated rings. The van der Waals surface area contributed by atoms with Crippen LogP contribution in [0.1, 0.15) is 11.1 Å². The number of carbonyl (C=O) groups is 1. The Hall–Kier alpha value is -1.77. The first-order chi connectivity index (χ1) is 9.02. The van der Waals surface area contributed by atoms with Crippen molar-refractivity contribution in [2.45, 2.75) is 18.9 Å². The molecule has 1 unspecified atom stereocenters. The number of nitrogens with one attached hydrogen (secondary N) is 1. The van der Waals surface area contributed by atoms with Gasteiger partial charge >= 0.3 is 5.97 Å². The molecule has 1 heterocycles. The number of halogens is 1. The van der Waals surface area contributed by atoms with Gasteiger partial charge in [0.1, 0.15) is 0 Å². The van der Waals surface area contributed by atoms with E-state index in [0.717, 1.165) is 12.8 Å². The molecule has 1 aromatic heterocycles. The second kappa shape index (κ2) is 5.47. The fraction of sp³-hybridized carbons (Fsp3) is 0.214. The van der Waals surface area contributed by atoms with E-state index >= 15 is 0 Å². The third-order valence-electron chi connectivity index (χ3n) is 3.05. The molecule has 0 saturated carbocycles. The van der Waals surface area contributed by atoms with Gasteiger partial charge in [-0.25, -0.2) is 4.79 Å². The van der Waals surface area contributed by atoms with Crippen LogP contribution in [-0.4, -0.2) is 22.1 Å². The lowest BCUT2D eigenvalue weighted by atomic mass is 9.90. The van der Waals surface area contributed by atoms with Crippen molar-refractivity contribution in [3.8, 4) is 12.3 Å². The second-order valence-electron chi connectivity index (χ2n) is 4.38. The van der Waals surface area contributed by atoms with Gasteiger partial charge in [-0.15, -0.1) is 6.42 Å². The third-order valence-corrected chi connectivity index (χ3v) is 3.79. The second-order valence-corrected chi connectivity index (χ2v) is 5.23. The molecule has 1 atom stereocenters. The maximum Gasteiger partial charge on any atom is 0.381 e. The molecule has 0 aliphatic heterocycles. The topological polar surface area (TPSA) is 79.1 Å². The largest absolute Gasteiger partial charge is 0.472 e. The number of benzene rings is 1. The Kier molecular flexibility index (Phi) is 3.93. The lowest BCUT2D eigenvalue weighted by molar-refractivity contribution is -0.130. The van der Waals surface area contributed by atoms with Gasteiger partial charge in [0.05, 0.1) is 0 Å². The van der Waals surface area contributed by atoms with Gasteiger partial charge in [0.2, 0.25) is 0 Å². The summed E-state index contributed by atoms with van der Waals surface area (Å²) in [6, 6.07) is 4.47. The van der Waals surface area contributed by atoms with Crippen molar-refractivity contribution in [2.24, 2.45) is 5.73 Å². The van der Waals surface area contributed by atoms with Gasteiger partial charge in [0, 0.05) is 33.5 Å². The van der Waals surface area contributed by atoms with Crippen molar-refractivity contribution in [3.05, 3.63) is 33.9 Å². The van der Waals surface area contributed by atoms with Crippen molar-refractivity contribution in [1.82, 2.24) is 4.98 Å². The van der Waals surface area contributed by atoms with E-state index in [4.69, 9.17) is 15.6 Å². The van der Waals surface area contributed by atoms with Gasteiger partial charge in [0.15, 0.2) is 0 Å². The fourth-order valence-electron chi connectivity index (χ4n) is 2.32. The number of nitrogens with two attached hydrogens (primary N) is 1. The highest BCUT2D eigenvalue weighted by atomic mass is 79.9. The minimum atomic E-state index is -1.22. The van der Waals surface area contributed by atoms with Crippen molar-refractivity contribution in [2.75, 3.05) is 0 Å². The Morgan fingerprint density at radius 2 is 2.21 bits per heavy atom. The number of hydrogen-bond donors (Lipinski definition) is 3. The average Bonchev–Trinajstić information content (AvgIpc) is 2.78. The van der Waals surface area contributed by atoms with Crippen LogP contribution in [0.25, 0.3) is 10.9 Å². The summed E-state index contributed by atoms with van der Waals surface area (Å²) in [5.41, 5.74) is 9.96. The van der Waals surface area contributed by atoms with E-state index in [0.29, 0.717) is 0 Å². The monoisotopic (exact) mass is 320 g/mol. The predicted molar refractivity (Wildman–Crippen MR) is 77.9 cm³/mol. The molecule has 0 saturated heterocycles. The maximum atomic E-state index is 9.13. The molecular formula is C14H13BrN2O2. The summed E-state index contributed by atoms with van der Waals surface area (Å²) in [6.45, 7) is 0. The Balaban J connectivity index is 0.000000232. The van der Waals surface area contributed by atoms with Gasteiger partial charge in [-0.1, -0.05) is 15.9 Å². The molecule has 3 rings (SSSR count). The SMILES string of the molecule is C#CC(=O)O.NC1Cc2c[nH]c3ccc(Br)c(c23)C1. The highest BCUT2D eigenvalue weighted by Gasteiger charge is 2.20.